The zero-order valence-corrected chi connectivity index (χ0v) is 8.89. The van der Waals surface area contributed by atoms with E-state index in [2.05, 4.69) is 0 Å². The van der Waals surface area contributed by atoms with Crippen molar-refractivity contribution < 1.29 is 0 Å². The fraction of sp³-hybridized carbons (Fsp3) is 0.909. The van der Waals surface area contributed by atoms with E-state index in [0.717, 1.165) is 11.8 Å². The van der Waals surface area contributed by atoms with Crippen LogP contribution < -0.4 is 0 Å². The lowest BCUT2D eigenvalue weighted by Crippen LogP contribution is -2.27. The number of aliphatic imine (C=N–C) groups is 1. The summed E-state index contributed by atoms with van der Waals surface area (Å²) < 4.78 is 0. The minimum Gasteiger partial charge on any atom is -0.291 e. The SMILES string of the molecule is ClCC1CC(=NC2CCCCC2)C1. The number of hydrogen-bond acceptors (Lipinski definition) is 1. The first-order valence-electron chi connectivity index (χ1n) is 5.50. The van der Waals surface area contributed by atoms with Crippen molar-refractivity contribution in [3.05, 3.63) is 0 Å². The van der Waals surface area contributed by atoms with Gasteiger partial charge in [-0.1, -0.05) is 19.3 Å². The summed E-state index contributed by atoms with van der Waals surface area (Å²) in [6.45, 7) is 0. The molecule has 0 N–H and O–H groups in total. The molecule has 1 nitrogen and oxygen atoms in total. The van der Waals surface area contributed by atoms with Crippen molar-refractivity contribution in [3.8, 4) is 0 Å². The molecule has 0 aromatic rings. The molecule has 0 radical (unpaired) electrons. The van der Waals surface area contributed by atoms with Crippen LogP contribution in [-0.4, -0.2) is 17.6 Å². The van der Waals surface area contributed by atoms with Gasteiger partial charge in [-0.2, -0.15) is 0 Å². The number of hydrogen-bond donors (Lipinski definition) is 0. The van der Waals surface area contributed by atoms with Crippen molar-refractivity contribution in [3.63, 3.8) is 0 Å². The van der Waals surface area contributed by atoms with Crippen molar-refractivity contribution >= 4 is 17.3 Å². The van der Waals surface area contributed by atoms with Crippen LogP contribution in [0, 0.1) is 5.92 Å². The molecule has 0 aliphatic heterocycles. The second-order valence-electron chi connectivity index (χ2n) is 4.42. The van der Waals surface area contributed by atoms with Crippen LogP contribution in [0.2, 0.25) is 0 Å². The Morgan fingerprint density at radius 2 is 1.85 bits per heavy atom. The molecule has 0 atom stereocenters. The Morgan fingerprint density at radius 1 is 1.15 bits per heavy atom. The Balaban J connectivity index is 1.77. The molecule has 0 aromatic carbocycles. The van der Waals surface area contributed by atoms with Gasteiger partial charge in [0, 0.05) is 17.6 Å². The lowest BCUT2D eigenvalue weighted by Gasteiger charge is -2.28. The highest BCUT2D eigenvalue weighted by atomic mass is 35.5. The van der Waals surface area contributed by atoms with Crippen LogP contribution in [0.15, 0.2) is 4.99 Å². The summed E-state index contributed by atoms with van der Waals surface area (Å²) in [4.78, 5) is 4.80. The normalized spacial score (nSPS) is 29.9. The molecule has 2 aliphatic carbocycles. The van der Waals surface area contributed by atoms with Gasteiger partial charge in [0.2, 0.25) is 0 Å². The summed E-state index contributed by atoms with van der Waals surface area (Å²) in [6, 6.07) is 0.667. The zero-order valence-electron chi connectivity index (χ0n) is 8.14. The third-order valence-corrected chi connectivity index (χ3v) is 3.64. The molecule has 0 spiro atoms. The number of alkyl halides is 1. The average molecular weight is 200 g/mol. The summed E-state index contributed by atoms with van der Waals surface area (Å²) in [5, 5.41) is 0. The standard InChI is InChI=1S/C11H18ClN/c12-8-9-6-11(7-9)13-10-4-2-1-3-5-10/h9-10H,1-8H2. The van der Waals surface area contributed by atoms with Gasteiger partial charge in [0.05, 0.1) is 0 Å². The molecule has 0 amide bonds. The van der Waals surface area contributed by atoms with Crippen molar-refractivity contribution in [2.24, 2.45) is 10.9 Å². The highest BCUT2D eigenvalue weighted by Gasteiger charge is 2.24. The minimum absolute atomic E-state index is 0.667. The van der Waals surface area contributed by atoms with Gasteiger partial charge in [-0.25, -0.2) is 0 Å². The summed E-state index contributed by atoms with van der Waals surface area (Å²) >= 11 is 5.76. The fourth-order valence-corrected chi connectivity index (χ4v) is 2.51. The van der Waals surface area contributed by atoms with Gasteiger partial charge in [-0.3, -0.25) is 4.99 Å². The van der Waals surface area contributed by atoms with Crippen LogP contribution in [-0.2, 0) is 0 Å². The molecule has 2 fully saturated rings. The molecule has 2 heteroatoms. The summed E-state index contributed by atoms with van der Waals surface area (Å²) in [6.07, 6.45) is 9.22. The minimum atomic E-state index is 0.667. The van der Waals surface area contributed by atoms with Crippen LogP contribution in [0.25, 0.3) is 0 Å². The van der Waals surface area contributed by atoms with Crippen molar-refractivity contribution in [2.75, 3.05) is 5.88 Å². The topological polar surface area (TPSA) is 12.4 Å². The number of nitrogens with zero attached hydrogens (tertiary/aromatic N) is 1. The second-order valence-corrected chi connectivity index (χ2v) is 4.72. The molecule has 0 heterocycles. The highest BCUT2D eigenvalue weighted by Crippen LogP contribution is 2.28. The van der Waals surface area contributed by atoms with Gasteiger partial charge >= 0.3 is 0 Å². The maximum absolute atomic E-state index is 5.76. The van der Waals surface area contributed by atoms with E-state index in [4.69, 9.17) is 16.6 Å². The van der Waals surface area contributed by atoms with E-state index in [-0.39, 0.29) is 0 Å². The van der Waals surface area contributed by atoms with E-state index in [1.807, 2.05) is 0 Å². The number of halogens is 1. The van der Waals surface area contributed by atoms with Gasteiger partial charge in [0.1, 0.15) is 0 Å². The Labute approximate surface area is 85.6 Å². The summed E-state index contributed by atoms with van der Waals surface area (Å²) in [5.74, 6) is 1.56. The predicted octanol–water partition coefficient (Wildman–Crippen LogP) is 3.41. The molecule has 74 valence electrons. The third-order valence-electron chi connectivity index (χ3n) is 3.21. The quantitative estimate of drug-likeness (QED) is 0.605. The maximum Gasteiger partial charge on any atom is 0.0499 e. The summed E-state index contributed by atoms with van der Waals surface area (Å²) in [5.41, 5.74) is 1.44. The predicted molar refractivity (Wildman–Crippen MR) is 57.8 cm³/mol. The molecule has 2 aliphatic rings. The molecular formula is C11H18ClN. The lowest BCUT2D eigenvalue weighted by atomic mass is 9.84. The van der Waals surface area contributed by atoms with E-state index in [1.165, 1.54) is 50.7 Å². The molecule has 2 saturated carbocycles. The van der Waals surface area contributed by atoms with Gasteiger partial charge in [0.15, 0.2) is 0 Å². The van der Waals surface area contributed by atoms with Crippen LogP contribution in [0.5, 0.6) is 0 Å². The first-order chi connectivity index (χ1) is 6.38. The van der Waals surface area contributed by atoms with E-state index >= 15 is 0 Å². The molecule has 0 saturated heterocycles. The molecule has 0 bridgehead atoms. The van der Waals surface area contributed by atoms with Crippen LogP contribution in [0.1, 0.15) is 44.9 Å². The molecule has 0 unspecified atom stereocenters. The van der Waals surface area contributed by atoms with Gasteiger partial charge in [-0.15, -0.1) is 11.6 Å². The van der Waals surface area contributed by atoms with Crippen molar-refractivity contribution in [2.45, 2.75) is 51.0 Å². The third kappa shape index (κ3) is 2.46. The van der Waals surface area contributed by atoms with E-state index in [0.29, 0.717) is 6.04 Å². The number of rotatable bonds is 2. The Hall–Kier alpha value is -0.0400. The smallest absolute Gasteiger partial charge is 0.0499 e. The van der Waals surface area contributed by atoms with E-state index in [1.54, 1.807) is 0 Å². The van der Waals surface area contributed by atoms with Crippen LogP contribution in [0.4, 0.5) is 0 Å². The average Bonchev–Trinajstić information content (AvgIpc) is 2.12. The monoisotopic (exact) mass is 199 g/mol. The first kappa shape index (κ1) is 9.51. The van der Waals surface area contributed by atoms with E-state index in [9.17, 15) is 0 Å². The van der Waals surface area contributed by atoms with Gasteiger partial charge in [0.25, 0.3) is 0 Å². The highest BCUT2D eigenvalue weighted by molar-refractivity contribution is 6.18. The maximum atomic E-state index is 5.76. The van der Waals surface area contributed by atoms with Crippen LogP contribution in [0.3, 0.4) is 0 Å². The Morgan fingerprint density at radius 3 is 2.46 bits per heavy atom. The van der Waals surface area contributed by atoms with E-state index < -0.39 is 0 Å². The van der Waals surface area contributed by atoms with Gasteiger partial charge in [-0.05, 0) is 31.6 Å². The lowest BCUT2D eigenvalue weighted by molar-refractivity contribution is 0.435. The molecule has 0 aromatic heterocycles. The second kappa shape index (κ2) is 4.45. The molecule has 2 rings (SSSR count). The van der Waals surface area contributed by atoms with Crippen molar-refractivity contribution in [1.82, 2.24) is 0 Å². The van der Waals surface area contributed by atoms with Gasteiger partial charge < -0.3 is 0 Å². The Bertz CT molecular complexity index is 186. The summed E-state index contributed by atoms with van der Waals surface area (Å²) in [7, 11) is 0. The zero-order chi connectivity index (χ0) is 9.10. The van der Waals surface area contributed by atoms with Crippen LogP contribution >= 0.6 is 11.6 Å². The molecule has 13 heavy (non-hydrogen) atoms. The first-order valence-corrected chi connectivity index (χ1v) is 6.03. The Kier molecular flexibility index (Phi) is 3.26. The largest absolute Gasteiger partial charge is 0.291 e. The van der Waals surface area contributed by atoms with Crippen molar-refractivity contribution in [1.29, 1.82) is 0 Å². The molecular weight excluding hydrogens is 182 g/mol. The fourth-order valence-electron chi connectivity index (χ4n) is 2.29.